The first kappa shape index (κ1) is 19.9. The number of hydrogen-bond donors (Lipinski definition) is 0. The molecule has 35 heavy (non-hydrogen) atoms. The van der Waals surface area contributed by atoms with E-state index in [0.717, 1.165) is 22.8 Å². The first-order valence-corrected chi connectivity index (χ1v) is 11.9. The van der Waals surface area contributed by atoms with Crippen molar-refractivity contribution >= 4 is 60.2 Å². The van der Waals surface area contributed by atoms with Crippen LogP contribution in [-0.2, 0) is 0 Å². The van der Waals surface area contributed by atoms with Gasteiger partial charge in [0.2, 0.25) is 0 Å². The number of ether oxygens (including phenoxy) is 1. The van der Waals surface area contributed by atoms with Crippen molar-refractivity contribution < 1.29 is 4.74 Å². The molecule has 7 rings (SSSR count). The van der Waals surface area contributed by atoms with Gasteiger partial charge < -0.3 is 9.64 Å². The fourth-order valence-corrected chi connectivity index (χ4v) is 5.38. The number of hydrogen-bond acceptors (Lipinski definition) is 2. The van der Waals surface area contributed by atoms with Gasteiger partial charge in [0.25, 0.3) is 0 Å². The third-order valence-electron chi connectivity index (χ3n) is 6.99. The van der Waals surface area contributed by atoms with Gasteiger partial charge in [-0.05, 0) is 91.6 Å². The molecule has 0 atom stereocenters. The van der Waals surface area contributed by atoms with Gasteiger partial charge in [0, 0.05) is 17.1 Å². The lowest BCUT2D eigenvalue weighted by Gasteiger charge is -2.27. The van der Waals surface area contributed by atoms with E-state index in [1.807, 2.05) is 0 Å². The van der Waals surface area contributed by atoms with Crippen molar-refractivity contribution in [3.63, 3.8) is 0 Å². The van der Waals surface area contributed by atoms with Crippen LogP contribution in [0.15, 0.2) is 121 Å². The maximum Gasteiger partial charge on any atom is 0.120 e. The maximum absolute atomic E-state index is 5.54. The van der Waals surface area contributed by atoms with Crippen LogP contribution in [0.2, 0.25) is 0 Å². The zero-order chi connectivity index (χ0) is 23.4. The second-order valence-corrected chi connectivity index (χ2v) is 9.05. The van der Waals surface area contributed by atoms with Crippen LogP contribution >= 0.6 is 0 Å². The van der Waals surface area contributed by atoms with Crippen LogP contribution in [0, 0.1) is 0 Å². The lowest BCUT2D eigenvalue weighted by Crippen LogP contribution is -2.10. The van der Waals surface area contributed by atoms with Crippen LogP contribution in [0.1, 0.15) is 0 Å². The van der Waals surface area contributed by atoms with Crippen molar-refractivity contribution in [2.45, 2.75) is 0 Å². The van der Waals surface area contributed by atoms with Crippen molar-refractivity contribution in [3.8, 4) is 5.75 Å². The minimum absolute atomic E-state index is 0.892. The maximum atomic E-state index is 5.54. The van der Waals surface area contributed by atoms with Gasteiger partial charge in [0.15, 0.2) is 0 Å². The molecule has 7 aromatic rings. The standard InChI is InChI=1S/C33H23NO/c1-35-31-20-26-13-11-24-18-30(19-25-12-14-27(21-31)33(26)32(24)25)34(28-9-3-2-4-10-28)29-16-15-22-7-5-6-8-23(22)17-29/h2-21H,1H3. The van der Waals surface area contributed by atoms with E-state index in [0.29, 0.717) is 0 Å². The van der Waals surface area contributed by atoms with Crippen LogP contribution in [0.25, 0.3) is 43.1 Å². The summed E-state index contributed by atoms with van der Waals surface area (Å²) in [5.41, 5.74) is 3.43. The second kappa shape index (κ2) is 7.75. The van der Waals surface area contributed by atoms with E-state index in [1.54, 1.807) is 7.11 Å². The Kier molecular flexibility index (Phi) is 4.40. The molecule has 0 heterocycles. The summed E-state index contributed by atoms with van der Waals surface area (Å²) in [4.78, 5) is 2.35. The monoisotopic (exact) mass is 449 g/mol. The highest BCUT2D eigenvalue weighted by atomic mass is 16.5. The lowest BCUT2D eigenvalue weighted by molar-refractivity contribution is 0.416. The predicted molar refractivity (Wildman–Crippen MR) is 149 cm³/mol. The molecule has 7 aromatic carbocycles. The molecule has 0 aliphatic heterocycles. The Morgan fingerprint density at radius 2 is 0.943 bits per heavy atom. The molecule has 0 bridgehead atoms. The van der Waals surface area contributed by atoms with Crippen LogP contribution in [0.3, 0.4) is 0 Å². The van der Waals surface area contributed by atoms with E-state index >= 15 is 0 Å². The zero-order valence-electron chi connectivity index (χ0n) is 19.4. The Balaban J connectivity index is 1.49. The van der Waals surface area contributed by atoms with E-state index in [1.165, 1.54) is 43.1 Å². The number of nitrogens with zero attached hydrogens (tertiary/aromatic N) is 1. The van der Waals surface area contributed by atoms with Crippen molar-refractivity contribution in [2.75, 3.05) is 12.0 Å². The number of methoxy groups -OCH3 is 1. The van der Waals surface area contributed by atoms with Gasteiger partial charge in [-0.3, -0.25) is 0 Å². The van der Waals surface area contributed by atoms with E-state index < -0.39 is 0 Å². The highest BCUT2D eigenvalue weighted by Gasteiger charge is 2.16. The van der Waals surface area contributed by atoms with Crippen LogP contribution in [0.4, 0.5) is 17.1 Å². The first-order valence-electron chi connectivity index (χ1n) is 11.9. The van der Waals surface area contributed by atoms with E-state index in [4.69, 9.17) is 4.74 Å². The molecule has 0 fully saturated rings. The molecule has 0 aromatic heterocycles. The molecule has 2 heteroatoms. The van der Waals surface area contributed by atoms with Crippen molar-refractivity contribution in [2.24, 2.45) is 0 Å². The fraction of sp³-hybridized carbons (Fsp3) is 0.0303. The van der Waals surface area contributed by atoms with Crippen LogP contribution < -0.4 is 9.64 Å². The predicted octanol–water partition coefficient (Wildman–Crippen LogP) is 9.22. The van der Waals surface area contributed by atoms with Crippen molar-refractivity contribution in [1.29, 1.82) is 0 Å². The minimum atomic E-state index is 0.892. The molecule has 0 saturated heterocycles. The Labute approximate surface area is 203 Å². The van der Waals surface area contributed by atoms with Crippen LogP contribution in [-0.4, -0.2) is 7.11 Å². The Morgan fingerprint density at radius 3 is 1.57 bits per heavy atom. The van der Waals surface area contributed by atoms with Gasteiger partial charge in [-0.1, -0.05) is 72.8 Å². The van der Waals surface area contributed by atoms with E-state index in [9.17, 15) is 0 Å². The molecule has 0 N–H and O–H groups in total. The zero-order valence-corrected chi connectivity index (χ0v) is 19.4. The van der Waals surface area contributed by atoms with Gasteiger partial charge in [-0.2, -0.15) is 0 Å². The molecule has 2 nitrogen and oxygen atoms in total. The summed E-state index contributed by atoms with van der Waals surface area (Å²) < 4.78 is 5.54. The Hall–Kier alpha value is -4.56. The summed E-state index contributed by atoms with van der Waals surface area (Å²) in [5.74, 6) is 0.892. The number of fused-ring (bicyclic) bond motifs is 1. The van der Waals surface area contributed by atoms with Crippen LogP contribution in [0.5, 0.6) is 5.75 Å². The van der Waals surface area contributed by atoms with E-state index in [-0.39, 0.29) is 0 Å². The average molecular weight is 450 g/mol. The molecule has 166 valence electrons. The van der Waals surface area contributed by atoms with E-state index in [2.05, 4.69) is 126 Å². The minimum Gasteiger partial charge on any atom is -0.497 e. The molecule has 0 aliphatic rings. The molecule has 0 spiro atoms. The largest absolute Gasteiger partial charge is 0.497 e. The van der Waals surface area contributed by atoms with Gasteiger partial charge >= 0.3 is 0 Å². The topological polar surface area (TPSA) is 12.5 Å². The van der Waals surface area contributed by atoms with Gasteiger partial charge in [0.1, 0.15) is 5.75 Å². The molecule has 0 radical (unpaired) electrons. The van der Waals surface area contributed by atoms with Gasteiger partial charge in [-0.15, -0.1) is 0 Å². The first-order chi connectivity index (χ1) is 17.3. The third-order valence-corrected chi connectivity index (χ3v) is 6.99. The quantitative estimate of drug-likeness (QED) is 0.248. The highest BCUT2D eigenvalue weighted by Crippen LogP contribution is 2.42. The summed E-state index contributed by atoms with van der Waals surface area (Å²) in [5, 5.41) is 9.97. The summed E-state index contributed by atoms with van der Waals surface area (Å²) in [6, 6.07) is 43.6. The highest BCUT2D eigenvalue weighted by molar-refractivity contribution is 6.24. The molecule has 0 aliphatic carbocycles. The molecule has 0 amide bonds. The van der Waals surface area contributed by atoms with Gasteiger partial charge in [-0.25, -0.2) is 0 Å². The number of benzene rings is 7. The van der Waals surface area contributed by atoms with Crippen molar-refractivity contribution in [1.82, 2.24) is 0 Å². The summed E-state index contributed by atoms with van der Waals surface area (Å²) in [7, 11) is 1.73. The normalized spacial score (nSPS) is 11.6. The average Bonchev–Trinajstić information content (AvgIpc) is 2.92. The Bertz CT molecular complexity index is 1770. The van der Waals surface area contributed by atoms with Gasteiger partial charge in [0.05, 0.1) is 7.11 Å². The molecule has 0 saturated carbocycles. The fourth-order valence-electron chi connectivity index (χ4n) is 5.38. The summed E-state index contributed by atoms with van der Waals surface area (Å²) in [6.07, 6.45) is 0. The molecular formula is C33H23NO. The smallest absolute Gasteiger partial charge is 0.120 e. The number of rotatable bonds is 4. The Morgan fingerprint density at radius 1 is 0.429 bits per heavy atom. The number of para-hydroxylation sites is 1. The molecular weight excluding hydrogens is 426 g/mol. The SMILES string of the molecule is COc1cc2ccc3cc(N(c4ccccc4)c4ccc5ccccc5c4)cc4ccc(c1)c2c34. The second-order valence-electron chi connectivity index (χ2n) is 9.05. The lowest BCUT2D eigenvalue weighted by atomic mass is 9.93. The molecule has 0 unspecified atom stereocenters. The van der Waals surface area contributed by atoms with Crippen molar-refractivity contribution in [3.05, 3.63) is 121 Å². The summed E-state index contributed by atoms with van der Waals surface area (Å²) >= 11 is 0. The number of anilines is 3. The third kappa shape index (κ3) is 3.18. The summed E-state index contributed by atoms with van der Waals surface area (Å²) in [6.45, 7) is 0.